The molecule has 6 nitrogen and oxygen atoms in total. The highest BCUT2D eigenvalue weighted by Gasteiger charge is 2.20. The number of ether oxygens (including phenoxy) is 1. The summed E-state index contributed by atoms with van der Waals surface area (Å²) in [5.41, 5.74) is 7.39. The van der Waals surface area contributed by atoms with Gasteiger partial charge in [0.2, 0.25) is 10.0 Å². The molecule has 0 aliphatic rings. The van der Waals surface area contributed by atoms with E-state index in [1.54, 1.807) is 0 Å². The summed E-state index contributed by atoms with van der Waals surface area (Å²) in [7, 11) is -2.83. The summed E-state index contributed by atoms with van der Waals surface area (Å²) in [6.07, 6.45) is 0.292. The number of nitrogen functional groups attached to an aromatic ring is 1. The monoisotopic (exact) mass is 320 g/mol. The van der Waals surface area contributed by atoms with Crippen molar-refractivity contribution in [3.8, 4) is 0 Å². The van der Waals surface area contributed by atoms with E-state index in [4.69, 9.17) is 10.9 Å². The number of sulfonamides is 1. The highest BCUT2D eigenvalue weighted by molar-refractivity contribution is 7.89. The molecule has 0 aromatic heterocycles. The number of benzene rings is 2. The highest BCUT2D eigenvalue weighted by atomic mass is 32.2. The van der Waals surface area contributed by atoms with E-state index in [2.05, 4.69) is 4.74 Å². The third kappa shape index (κ3) is 3.44. The molecule has 116 valence electrons. The van der Waals surface area contributed by atoms with Crippen LogP contribution in [0.2, 0.25) is 0 Å². The molecule has 0 amide bonds. The third-order valence-electron chi connectivity index (χ3n) is 3.19. The molecule has 0 aliphatic heterocycles. The second kappa shape index (κ2) is 6.17. The van der Waals surface area contributed by atoms with Crippen LogP contribution in [0.5, 0.6) is 0 Å². The van der Waals surface area contributed by atoms with Crippen molar-refractivity contribution < 1.29 is 17.9 Å². The van der Waals surface area contributed by atoms with E-state index < -0.39 is 16.0 Å². The second-order valence-electron chi connectivity index (χ2n) is 4.74. The Morgan fingerprint density at radius 3 is 2.36 bits per heavy atom. The minimum atomic E-state index is -4.03. The van der Waals surface area contributed by atoms with Gasteiger partial charge in [0.25, 0.3) is 0 Å². The first kappa shape index (κ1) is 16.0. The van der Waals surface area contributed by atoms with Gasteiger partial charge in [0.05, 0.1) is 17.6 Å². The van der Waals surface area contributed by atoms with Gasteiger partial charge in [0, 0.05) is 12.1 Å². The molecule has 0 heterocycles. The van der Waals surface area contributed by atoms with Crippen LogP contribution in [-0.4, -0.2) is 21.5 Å². The first-order valence-corrected chi connectivity index (χ1v) is 7.95. The zero-order chi connectivity index (χ0) is 16.3. The first-order valence-electron chi connectivity index (χ1n) is 6.40. The number of hydrogen-bond donors (Lipinski definition) is 2. The maximum atomic E-state index is 11.8. The van der Waals surface area contributed by atoms with Crippen LogP contribution in [0.25, 0.3) is 0 Å². The summed E-state index contributed by atoms with van der Waals surface area (Å²) < 4.78 is 28.2. The zero-order valence-corrected chi connectivity index (χ0v) is 12.8. The lowest BCUT2D eigenvalue weighted by atomic mass is 10.0. The fourth-order valence-corrected chi connectivity index (χ4v) is 2.97. The minimum absolute atomic E-state index is 0.0424. The third-order valence-corrected chi connectivity index (χ3v) is 4.17. The lowest BCUT2D eigenvalue weighted by molar-refractivity contribution is 0.0600. The summed E-state index contributed by atoms with van der Waals surface area (Å²) in [5, 5.41) is 5.26. The number of rotatable bonds is 4. The van der Waals surface area contributed by atoms with Crippen LogP contribution in [0.1, 0.15) is 21.5 Å². The van der Waals surface area contributed by atoms with Crippen molar-refractivity contribution in [3.05, 3.63) is 59.2 Å². The molecule has 0 radical (unpaired) electrons. The van der Waals surface area contributed by atoms with E-state index in [1.165, 1.54) is 19.2 Å². The molecule has 0 unspecified atom stereocenters. The number of carbonyl (C=O) groups excluding carboxylic acids is 1. The highest BCUT2D eigenvalue weighted by Crippen LogP contribution is 2.26. The van der Waals surface area contributed by atoms with Crippen molar-refractivity contribution in [1.82, 2.24) is 0 Å². The number of primary sulfonamides is 1. The fourth-order valence-electron chi connectivity index (χ4n) is 2.15. The summed E-state index contributed by atoms with van der Waals surface area (Å²) >= 11 is 0. The molecular weight excluding hydrogens is 304 g/mol. The molecule has 22 heavy (non-hydrogen) atoms. The molecule has 4 N–H and O–H groups in total. The van der Waals surface area contributed by atoms with Crippen LogP contribution in [-0.2, 0) is 21.2 Å². The van der Waals surface area contributed by atoms with E-state index >= 15 is 0 Å². The molecule has 0 spiro atoms. The zero-order valence-electron chi connectivity index (χ0n) is 11.9. The standard InChI is InChI=1S/C15H16N2O4S/c1-21-15(18)11-8-13(16)12(14(9-11)22(17,19)20)7-10-5-3-2-4-6-10/h2-6,8-9H,7,16H2,1H3,(H2,17,19,20). The van der Waals surface area contributed by atoms with Gasteiger partial charge < -0.3 is 10.5 Å². The van der Waals surface area contributed by atoms with Crippen molar-refractivity contribution in [2.45, 2.75) is 11.3 Å². The van der Waals surface area contributed by atoms with Gasteiger partial charge in [0.15, 0.2) is 0 Å². The predicted molar refractivity (Wildman–Crippen MR) is 82.8 cm³/mol. The van der Waals surface area contributed by atoms with Crippen LogP contribution in [0.15, 0.2) is 47.4 Å². The second-order valence-corrected chi connectivity index (χ2v) is 6.27. The number of anilines is 1. The molecule has 0 aliphatic carbocycles. The predicted octanol–water partition coefficient (Wildman–Crippen LogP) is 1.29. The maximum Gasteiger partial charge on any atom is 0.337 e. The summed E-state index contributed by atoms with van der Waals surface area (Å²) in [5.74, 6) is -0.678. The number of carbonyl (C=O) groups is 1. The Kier molecular flexibility index (Phi) is 4.48. The molecule has 7 heteroatoms. The van der Waals surface area contributed by atoms with Gasteiger partial charge in [-0.05, 0) is 23.3 Å². The first-order chi connectivity index (χ1) is 10.3. The number of hydrogen-bond acceptors (Lipinski definition) is 5. The normalized spacial score (nSPS) is 11.2. The molecule has 2 rings (SSSR count). The van der Waals surface area contributed by atoms with Gasteiger partial charge in [-0.1, -0.05) is 30.3 Å². The average molecular weight is 320 g/mol. The van der Waals surface area contributed by atoms with Crippen molar-refractivity contribution >= 4 is 21.7 Å². The van der Waals surface area contributed by atoms with Crippen LogP contribution >= 0.6 is 0 Å². The minimum Gasteiger partial charge on any atom is -0.465 e. The lowest BCUT2D eigenvalue weighted by Gasteiger charge is -2.13. The van der Waals surface area contributed by atoms with E-state index in [-0.39, 0.29) is 16.1 Å². The van der Waals surface area contributed by atoms with Gasteiger partial charge in [-0.15, -0.1) is 0 Å². The van der Waals surface area contributed by atoms with Crippen molar-refractivity contribution in [2.75, 3.05) is 12.8 Å². The Morgan fingerprint density at radius 1 is 1.18 bits per heavy atom. The molecule has 0 fully saturated rings. The molecule has 0 bridgehead atoms. The quantitative estimate of drug-likeness (QED) is 0.651. The topological polar surface area (TPSA) is 112 Å². The Labute approximate surface area is 128 Å². The Bertz CT molecular complexity index is 802. The molecule has 0 saturated carbocycles. The maximum absolute atomic E-state index is 11.8. The number of esters is 1. The molecular formula is C15H16N2O4S. The largest absolute Gasteiger partial charge is 0.465 e. The molecule has 0 saturated heterocycles. The van der Waals surface area contributed by atoms with Crippen LogP contribution in [0, 0.1) is 0 Å². The summed E-state index contributed by atoms with van der Waals surface area (Å²) in [4.78, 5) is 11.4. The number of nitrogens with two attached hydrogens (primary N) is 2. The van der Waals surface area contributed by atoms with E-state index in [9.17, 15) is 13.2 Å². The van der Waals surface area contributed by atoms with E-state index in [0.29, 0.717) is 12.0 Å². The fraction of sp³-hybridized carbons (Fsp3) is 0.133. The SMILES string of the molecule is COC(=O)c1cc(N)c(Cc2ccccc2)c(S(N)(=O)=O)c1. The van der Waals surface area contributed by atoms with Crippen LogP contribution in [0.3, 0.4) is 0 Å². The van der Waals surface area contributed by atoms with Crippen molar-refractivity contribution in [3.63, 3.8) is 0 Å². The van der Waals surface area contributed by atoms with Gasteiger partial charge in [0.1, 0.15) is 0 Å². The Morgan fingerprint density at radius 2 is 1.82 bits per heavy atom. The average Bonchev–Trinajstić information content (AvgIpc) is 2.48. The van der Waals surface area contributed by atoms with Gasteiger partial charge >= 0.3 is 5.97 Å². The van der Waals surface area contributed by atoms with Gasteiger partial charge in [-0.2, -0.15) is 0 Å². The molecule has 0 atom stereocenters. The number of methoxy groups -OCH3 is 1. The lowest BCUT2D eigenvalue weighted by Crippen LogP contribution is -2.17. The van der Waals surface area contributed by atoms with E-state index in [0.717, 1.165) is 5.56 Å². The van der Waals surface area contributed by atoms with Crippen molar-refractivity contribution in [2.24, 2.45) is 5.14 Å². The van der Waals surface area contributed by atoms with Gasteiger partial charge in [-0.25, -0.2) is 18.4 Å². The molecule has 2 aromatic carbocycles. The summed E-state index contributed by atoms with van der Waals surface area (Å²) in [6, 6.07) is 11.8. The summed E-state index contributed by atoms with van der Waals surface area (Å²) in [6.45, 7) is 0. The van der Waals surface area contributed by atoms with Crippen molar-refractivity contribution in [1.29, 1.82) is 0 Å². The van der Waals surface area contributed by atoms with E-state index in [1.807, 2.05) is 30.3 Å². The Balaban J connectivity index is 2.60. The smallest absolute Gasteiger partial charge is 0.337 e. The van der Waals surface area contributed by atoms with Crippen LogP contribution < -0.4 is 10.9 Å². The molecule has 2 aromatic rings. The van der Waals surface area contributed by atoms with Gasteiger partial charge in [-0.3, -0.25) is 0 Å². The Hall–Kier alpha value is -2.38. The van der Waals surface area contributed by atoms with Crippen LogP contribution in [0.4, 0.5) is 5.69 Å².